The molecule has 3 heterocycles. The Morgan fingerprint density at radius 1 is 1.10 bits per heavy atom. The zero-order valence-corrected chi connectivity index (χ0v) is 18.8. The predicted molar refractivity (Wildman–Crippen MR) is 118 cm³/mol. The minimum absolute atomic E-state index is 0.140. The van der Waals surface area contributed by atoms with E-state index in [2.05, 4.69) is 8.75 Å². The van der Waals surface area contributed by atoms with Gasteiger partial charge < -0.3 is 9.32 Å². The lowest BCUT2D eigenvalue weighted by Crippen LogP contribution is -2.50. The fourth-order valence-corrected chi connectivity index (χ4v) is 6.20. The number of nitrogens with zero attached hydrogens (tertiary/aromatic N) is 4. The summed E-state index contributed by atoms with van der Waals surface area (Å²) in [6.45, 7) is 2.70. The van der Waals surface area contributed by atoms with Gasteiger partial charge in [-0.1, -0.05) is 29.8 Å². The summed E-state index contributed by atoms with van der Waals surface area (Å²) in [7, 11) is -3.75. The smallest absolute Gasteiger partial charge is 0.289 e. The number of piperazine rings is 1. The molecular weight excluding hydrogens is 460 g/mol. The molecule has 0 radical (unpaired) electrons. The summed E-state index contributed by atoms with van der Waals surface area (Å²) in [5, 5.41) is 1.24. The summed E-state index contributed by atoms with van der Waals surface area (Å²) in [5.74, 6) is -0.0367. The van der Waals surface area contributed by atoms with Crippen molar-refractivity contribution in [2.75, 3.05) is 26.2 Å². The first-order valence-electron chi connectivity index (χ1n) is 9.56. The van der Waals surface area contributed by atoms with E-state index in [1.165, 1.54) is 10.4 Å². The molecule has 31 heavy (non-hydrogen) atoms. The van der Waals surface area contributed by atoms with Crippen molar-refractivity contribution >= 4 is 61.3 Å². The number of furan rings is 1. The van der Waals surface area contributed by atoms with Crippen molar-refractivity contribution in [1.82, 2.24) is 18.0 Å². The maximum atomic E-state index is 13.2. The molecule has 160 valence electrons. The Kier molecular flexibility index (Phi) is 4.97. The standard InChI is InChI=1S/C20H17ClN4O4S2/c1-12-13-4-2-5-14(21)19(13)29-18(12)20(26)24-8-10-25(11-9-24)31(27,28)16-7-3-6-15-17(16)23-30-22-15/h2-7H,8-11H2,1H3. The molecule has 0 atom stereocenters. The van der Waals surface area contributed by atoms with Gasteiger partial charge in [-0.2, -0.15) is 13.1 Å². The number of rotatable bonds is 3. The number of sulfonamides is 1. The van der Waals surface area contributed by atoms with Crippen molar-refractivity contribution in [2.45, 2.75) is 11.8 Å². The fraction of sp³-hybridized carbons (Fsp3) is 0.250. The highest BCUT2D eigenvalue weighted by molar-refractivity contribution is 7.89. The molecule has 0 saturated carbocycles. The van der Waals surface area contributed by atoms with Crippen molar-refractivity contribution in [2.24, 2.45) is 0 Å². The molecule has 11 heteroatoms. The molecule has 0 unspecified atom stereocenters. The average Bonchev–Trinajstić information content (AvgIpc) is 3.39. The van der Waals surface area contributed by atoms with Crippen LogP contribution in [0.2, 0.25) is 5.02 Å². The van der Waals surface area contributed by atoms with Gasteiger partial charge in [0.2, 0.25) is 10.0 Å². The van der Waals surface area contributed by atoms with Crippen LogP contribution in [0.25, 0.3) is 22.0 Å². The van der Waals surface area contributed by atoms with Gasteiger partial charge in [0.25, 0.3) is 5.91 Å². The zero-order valence-electron chi connectivity index (χ0n) is 16.4. The Morgan fingerprint density at radius 2 is 1.84 bits per heavy atom. The number of hydrogen-bond donors (Lipinski definition) is 0. The van der Waals surface area contributed by atoms with Crippen LogP contribution in [-0.4, -0.2) is 58.5 Å². The topological polar surface area (TPSA) is 96.6 Å². The van der Waals surface area contributed by atoms with E-state index < -0.39 is 10.0 Å². The normalized spacial score (nSPS) is 15.7. The molecule has 1 fully saturated rings. The molecule has 1 aliphatic rings. The molecule has 2 aromatic carbocycles. The lowest BCUT2D eigenvalue weighted by molar-refractivity contribution is 0.0667. The average molecular weight is 477 g/mol. The molecule has 5 rings (SSSR count). The van der Waals surface area contributed by atoms with Gasteiger partial charge >= 0.3 is 0 Å². The summed E-state index contributed by atoms with van der Waals surface area (Å²) in [6, 6.07) is 10.3. The van der Waals surface area contributed by atoms with E-state index in [1.807, 2.05) is 19.1 Å². The van der Waals surface area contributed by atoms with Crippen LogP contribution in [0.1, 0.15) is 16.1 Å². The summed E-state index contributed by atoms with van der Waals surface area (Å²) in [6.07, 6.45) is 0. The molecule has 8 nitrogen and oxygen atoms in total. The van der Waals surface area contributed by atoms with E-state index in [-0.39, 0.29) is 42.7 Å². The Balaban J connectivity index is 1.37. The van der Waals surface area contributed by atoms with E-state index in [0.717, 1.165) is 22.7 Å². The van der Waals surface area contributed by atoms with Gasteiger partial charge in [0.1, 0.15) is 15.9 Å². The molecule has 0 N–H and O–H groups in total. The molecule has 1 aliphatic heterocycles. The van der Waals surface area contributed by atoms with E-state index in [9.17, 15) is 13.2 Å². The molecule has 1 saturated heterocycles. The highest BCUT2D eigenvalue weighted by Gasteiger charge is 2.33. The predicted octanol–water partition coefficient (Wildman–Crippen LogP) is 3.55. The number of benzene rings is 2. The second-order valence-electron chi connectivity index (χ2n) is 7.26. The second-order valence-corrected chi connectivity index (χ2v) is 10.1. The highest BCUT2D eigenvalue weighted by atomic mass is 35.5. The molecule has 0 bridgehead atoms. The minimum atomic E-state index is -3.75. The van der Waals surface area contributed by atoms with E-state index in [1.54, 1.807) is 23.1 Å². The summed E-state index contributed by atoms with van der Waals surface area (Å²) >= 11 is 7.17. The Bertz CT molecular complexity index is 1420. The lowest BCUT2D eigenvalue weighted by atomic mass is 10.1. The van der Waals surface area contributed by atoms with Gasteiger partial charge in [0, 0.05) is 37.1 Å². The van der Waals surface area contributed by atoms with E-state index in [0.29, 0.717) is 21.6 Å². The zero-order chi connectivity index (χ0) is 21.8. The Morgan fingerprint density at radius 3 is 2.58 bits per heavy atom. The van der Waals surface area contributed by atoms with Crippen LogP contribution in [0.4, 0.5) is 0 Å². The van der Waals surface area contributed by atoms with Crippen LogP contribution in [0, 0.1) is 6.92 Å². The molecule has 1 amide bonds. The van der Waals surface area contributed by atoms with E-state index >= 15 is 0 Å². The van der Waals surface area contributed by atoms with Crippen LogP contribution in [0.3, 0.4) is 0 Å². The lowest BCUT2D eigenvalue weighted by Gasteiger charge is -2.33. The third kappa shape index (κ3) is 3.30. The first-order chi connectivity index (χ1) is 14.9. The molecular formula is C20H17ClN4O4S2. The van der Waals surface area contributed by atoms with Crippen LogP contribution in [-0.2, 0) is 10.0 Å². The van der Waals surface area contributed by atoms with E-state index in [4.69, 9.17) is 16.0 Å². The van der Waals surface area contributed by atoms with Gasteiger partial charge in [-0.25, -0.2) is 8.42 Å². The van der Waals surface area contributed by atoms with Crippen LogP contribution < -0.4 is 0 Å². The SMILES string of the molecule is Cc1c(C(=O)N2CCN(S(=O)(=O)c3cccc4nsnc34)CC2)oc2c(Cl)cccc12. The second kappa shape index (κ2) is 7.56. The number of fused-ring (bicyclic) bond motifs is 2. The number of amides is 1. The quantitative estimate of drug-likeness (QED) is 0.448. The van der Waals surface area contributed by atoms with Crippen LogP contribution in [0.15, 0.2) is 45.7 Å². The van der Waals surface area contributed by atoms with Gasteiger partial charge in [-0.3, -0.25) is 4.79 Å². The summed E-state index contributed by atoms with van der Waals surface area (Å²) in [5.41, 5.74) is 2.14. The van der Waals surface area contributed by atoms with Crippen molar-refractivity contribution in [1.29, 1.82) is 0 Å². The number of hydrogen-bond acceptors (Lipinski definition) is 7. The van der Waals surface area contributed by atoms with Crippen molar-refractivity contribution in [3.63, 3.8) is 0 Å². The minimum Gasteiger partial charge on any atom is -0.449 e. The van der Waals surface area contributed by atoms with Gasteiger partial charge in [0.05, 0.1) is 16.8 Å². The largest absolute Gasteiger partial charge is 0.449 e. The third-order valence-electron chi connectivity index (χ3n) is 5.50. The van der Waals surface area contributed by atoms with Gasteiger partial charge in [0.15, 0.2) is 11.3 Å². The van der Waals surface area contributed by atoms with Crippen LogP contribution >= 0.6 is 23.3 Å². The Labute approximate surface area is 187 Å². The monoisotopic (exact) mass is 476 g/mol. The molecule has 0 aliphatic carbocycles. The first kappa shape index (κ1) is 20.4. The van der Waals surface area contributed by atoms with Crippen molar-refractivity contribution in [3.8, 4) is 0 Å². The Hall–Kier alpha value is -2.53. The third-order valence-corrected chi connectivity index (χ3v) is 8.27. The maximum absolute atomic E-state index is 13.2. The summed E-state index contributed by atoms with van der Waals surface area (Å²) < 4.78 is 41.8. The summed E-state index contributed by atoms with van der Waals surface area (Å²) in [4.78, 5) is 14.8. The number of halogens is 1. The number of para-hydroxylation sites is 1. The first-order valence-corrected chi connectivity index (χ1v) is 12.1. The van der Waals surface area contributed by atoms with Crippen LogP contribution in [0.5, 0.6) is 0 Å². The number of carbonyl (C=O) groups is 1. The number of aromatic nitrogens is 2. The fourth-order valence-electron chi connectivity index (χ4n) is 3.82. The van der Waals surface area contributed by atoms with Gasteiger partial charge in [-0.05, 0) is 25.1 Å². The van der Waals surface area contributed by atoms with Crippen molar-refractivity contribution < 1.29 is 17.6 Å². The number of aryl methyl sites for hydroxylation is 1. The highest BCUT2D eigenvalue weighted by Crippen LogP contribution is 2.32. The van der Waals surface area contributed by atoms with Gasteiger partial charge in [-0.15, -0.1) is 0 Å². The van der Waals surface area contributed by atoms with Crippen molar-refractivity contribution in [3.05, 3.63) is 52.7 Å². The number of carbonyl (C=O) groups excluding carboxylic acids is 1. The maximum Gasteiger partial charge on any atom is 0.289 e. The molecule has 2 aromatic heterocycles. The molecule has 4 aromatic rings. The molecule has 0 spiro atoms.